The minimum atomic E-state index is -4.50. The molecular weight excluding hydrogens is 385 g/mol. The summed E-state index contributed by atoms with van der Waals surface area (Å²) in [4.78, 5) is 25.2. The molecule has 3 heterocycles. The molecule has 0 fully saturated rings. The smallest absolute Gasteiger partial charge is 0.322 e. The summed E-state index contributed by atoms with van der Waals surface area (Å²) in [6.07, 6.45) is 0.162. The first-order chi connectivity index (χ1) is 13.8. The summed E-state index contributed by atoms with van der Waals surface area (Å²) >= 11 is 0. The molecule has 3 aromatic heterocycles. The van der Waals surface area contributed by atoms with Crippen molar-refractivity contribution in [1.82, 2.24) is 24.6 Å². The van der Waals surface area contributed by atoms with Gasteiger partial charge in [-0.15, -0.1) is 5.10 Å². The summed E-state index contributed by atoms with van der Waals surface area (Å²) in [5.74, 6) is 0.0760. The van der Waals surface area contributed by atoms with Gasteiger partial charge in [0.05, 0.1) is 16.8 Å². The van der Waals surface area contributed by atoms with Gasteiger partial charge in [-0.05, 0) is 37.3 Å². The van der Waals surface area contributed by atoms with E-state index < -0.39 is 17.6 Å². The van der Waals surface area contributed by atoms with Crippen molar-refractivity contribution in [1.29, 1.82) is 0 Å². The van der Waals surface area contributed by atoms with E-state index >= 15 is 0 Å². The zero-order chi connectivity index (χ0) is 20.6. The Hall–Kier alpha value is -3.82. The van der Waals surface area contributed by atoms with Crippen molar-refractivity contribution in [3.8, 4) is 11.4 Å². The summed E-state index contributed by atoms with van der Waals surface area (Å²) in [5, 5.41) is 6.76. The second-order valence-corrected chi connectivity index (χ2v) is 6.19. The summed E-state index contributed by atoms with van der Waals surface area (Å²) in [6, 6.07) is 7.94. The highest BCUT2D eigenvalue weighted by Gasteiger charge is 2.30. The first kappa shape index (κ1) is 18.5. The molecule has 0 saturated heterocycles. The molecule has 0 radical (unpaired) electrons. The molecule has 0 unspecified atom stereocenters. The first-order valence-electron chi connectivity index (χ1n) is 8.44. The molecule has 146 valence electrons. The van der Waals surface area contributed by atoms with E-state index in [4.69, 9.17) is 0 Å². The highest BCUT2D eigenvalue weighted by Crippen LogP contribution is 2.30. The van der Waals surface area contributed by atoms with Crippen molar-refractivity contribution in [2.45, 2.75) is 13.1 Å². The number of carbonyl (C=O) groups is 1. The van der Waals surface area contributed by atoms with Crippen LogP contribution in [0, 0.1) is 6.92 Å². The van der Waals surface area contributed by atoms with Crippen molar-refractivity contribution in [2.24, 2.45) is 0 Å². The average molecular weight is 398 g/mol. The molecule has 0 bridgehead atoms. The number of hydrogen-bond acceptors (Lipinski definition) is 5. The third kappa shape index (κ3) is 3.77. The number of alkyl halides is 3. The summed E-state index contributed by atoms with van der Waals surface area (Å²) in [5.41, 5.74) is 0.396. The van der Waals surface area contributed by atoms with E-state index in [-0.39, 0.29) is 17.0 Å². The Bertz CT molecular complexity index is 1200. The van der Waals surface area contributed by atoms with Crippen LogP contribution in [0.5, 0.6) is 0 Å². The van der Waals surface area contributed by atoms with Gasteiger partial charge in [0.15, 0.2) is 5.82 Å². The maximum absolute atomic E-state index is 12.9. The van der Waals surface area contributed by atoms with Crippen molar-refractivity contribution < 1.29 is 18.0 Å². The van der Waals surface area contributed by atoms with Crippen LogP contribution in [0.3, 0.4) is 0 Å². The van der Waals surface area contributed by atoms with E-state index in [0.717, 1.165) is 12.1 Å². The maximum atomic E-state index is 12.9. The van der Waals surface area contributed by atoms with Gasteiger partial charge in [0.25, 0.3) is 11.7 Å². The van der Waals surface area contributed by atoms with Gasteiger partial charge in [0, 0.05) is 29.8 Å². The standard InChI is InChI=1S/C19H13F3N6O/c1-11-15(17(29)25-14-6-2-5-13(8-14)19(20,21)22)10-28-18(24-11)26-16(27-28)12-4-3-7-23-9-12/h2-10H,1H3,(H,25,29). The van der Waals surface area contributed by atoms with Crippen molar-refractivity contribution in [2.75, 3.05) is 5.32 Å². The second kappa shape index (κ2) is 6.97. The molecule has 4 aromatic rings. The van der Waals surface area contributed by atoms with Crippen LogP contribution in [0.15, 0.2) is 55.0 Å². The average Bonchev–Trinajstić information content (AvgIpc) is 3.10. The first-order valence-corrected chi connectivity index (χ1v) is 8.44. The van der Waals surface area contributed by atoms with Crippen molar-refractivity contribution >= 4 is 17.4 Å². The van der Waals surface area contributed by atoms with Gasteiger partial charge in [-0.3, -0.25) is 9.78 Å². The van der Waals surface area contributed by atoms with E-state index in [1.165, 1.54) is 22.8 Å². The highest BCUT2D eigenvalue weighted by atomic mass is 19.4. The number of carbonyl (C=O) groups excluding carboxylic acids is 1. The van der Waals surface area contributed by atoms with Gasteiger partial charge >= 0.3 is 6.18 Å². The van der Waals surface area contributed by atoms with E-state index in [1.54, 1.807) is 31.5 Å². The lowest BCUT2D eigenvalue weighted by Crippen LogP contribution is -2.16. The maximum Gasteiger partial charge on any atom is 0.416 e. The number of nitrogens with zero attached hydrogens (tertiary/aromatic N) is 5. The predicted molar refractivity (Wildman–Crippen MR) is 98.1 cm³/mol. The lowest BCUT2D eigenvalue weighted by molar-refractivity contribution is -0.137. The Morgan fingerprint density at radius 1 is 1.14 bits per heavy atom. The largest absolute Gasteiger partial charge is 0.416 e. The minimum Gasteiger partial charge on any atom is -0.322 e. The molecule has 29 heavy (non-hydrogen) atoms. The third-order valence-corrected chi connectivity index (χ3v) is 4.13. The topological polar surface area (TPSA) is 85.1 Å². The number of hydrogen-bond donors (Lipinski definition) is 1. The van der Waals surface area contributed by atoms with Gasteiger partial charge in [0.2, 0.25) is 0 Å². The van der Waals surface area contributed by atoms with Crippen LogP contribution in [0.4, 0.5) is 18.9 Å². The second-order valence-electron chi connectivity index (χ2n) is 6.19. The van der Waals surface area contributed by atoms with Crippen LogP contribution >= 0.6 is 0 Å². The Morgan fingerprint density at radius 2 is 1.97 bits per heavy atom. The minimum absolute atomic E-state index is 0.0268. The Balaban J connectivity index is 1.65. The van der Waals surface area contributed by atoms with E-state index in [2.05, 4.69) is 25.4 Å². The molecule has 0 aliphatic heterocycles. The molecule has 0 aliphatic carbocycles. The van der Waals surface area contributed by atoms with Crippen LogP contribution in [0.25, 0.3) is 17.2 Å². The summed E-state index contributed by atoms with van der Waals surface area (Å²) in [6.45, 7) is 1.61. The van der Waals surface area contributed by atoms with Crippen LogP contribution < -0.4 is 5.32 Å². The number of nitrogens with one attached hydrogen (secondary N) is 1. The molecule has 0 saturated carbocycles. The zero-order valence-corrected chi connectivity index (χ0v) is 15.0. The lowest BCUT2D eigenvalue weighted by Gasteiger charge is -2.10. The fourth-order valence-corrected chi connectivity index (χ4v) is 2.72. The highest BCUT2D eigenvalue weighted by molar-refractivity contribution is 6.04. The Kier molecular flexibility index (Phi) is 4.45. The van der Waals surface area contributed by atoms with Crippen LogP contribution in [-0.4, -0.2) is 30.5 Å². The fraction of sp³-hybridized carbons (Fsp3) is 0.105. The monoisotopic (exact) mass is 398 g/mol. The third-order valence-electron chi connectivity index (χ3n) is 4.13. The van der Waals surface area contributed by atoms with Gasteiger partial charge in [-0.2, -0.15) is 18.2 Å². The number of anilines is 1. The van der Waals surface area contributed by atoms with Gasteiger partial charge in [0.1, 0.15) is 0 Å². The van der Waals surface area contributed by atoms with E-state index in [9.17, 15) is 18.0 Å². The number of aromatic nitrogens is 5. The normalized spacial score (nSPS) is 11.6. The fourth-order valence-electron chi connectivity index (χ4n) is 2.72. The van der Waals surface area contributed by atoms with Crippen LogP contribution in [0.2, 0.25) is 0 Å². The molecule has 7 nitrogen and oxygen atoms in total. The molecule has 10 heteroatoms. The molecule has 1 aromatic carbocycles. The predicted octanol–water partition coefficient (Wildman–Crippen LogP) is 3.77. The molecule has 0 aliphatic rings. The Morgan fingerprint density at radius 3 is 2.69 bits per heavy atom. The van der Waals surface area contributed by atoms with Gasteiger partial charge < -0.3 is 5.32 Å². The van der Waals surface area contributed by atoms with E-state index in [0.29, 0.717) is 17.1 Å². The molecule has 1 N–H and O–H groups in total. The molecule has 0 atom stereocenters. The molecule has 1 amide bonds. The van der Waals surface area contributed by atoms with Crippen LogP contribution in [-0.2, 0) is 6.18 Å². The number of amides is 1. The van der Waals surface area contributed by atoms with Crippen LogP contribution in [0.1, 0.15) is 21.6 Å². The quantitative estimate of drug-likeness (QED) is 0.568. The molecular formula is C19H13F3N6O. The number of rotatable bonds is 3. The Labute approximate surface area is 162 Å². The number of aryl methyl sites for hydroxylation is 1. The lowest BCUT2D eigenvalue weighted by atomic mass is 10.1. The van der Waals surface area contributed by atoms with E-state index in [1.807, 2.05) is 0 Å². The van der Waals surface area contributed by atoms with Gasteiger partial charge in [-0.1, -0.05) is 6.07 Å². The number of pyridine rings is 1. The summed E-state index contributed by atoms with van der Waals surface area (Å²) in [7, 11) is 0. The van der Waals surface area contributed by atoms with Crippen molar-refractivity contribution in [3.05, 3.63) is 71.8 Å². The number of fused-ring (bicyclic) bond motifs is 1. The SMILES string of the molecule is Cc1nc2nc(-c3cccnc3)nn2cc1C(=O)Nc1cccc(C(F)(F)F)c1. The van der Waals surface area contributed by atoms with Crippen molar-refractivity contribution in [3.63, 3.8) is 0 Å². The van der Waals surface area contributed by atoms with Gasteiger partial charge in [-0.25, -0.2) is 9.50 Å². The number of halogens is 3. The molecule has 0 spiro atoms. The molecule has 4 rings (SSSR count). The zero-order valence-electron chi connectivity index (χ0n) is 15.0. The summed E-state index contributed by atoms with van der Waals surface area (Å²) < 4.78 is 39.9. The number of benzene rings is 1.